The molecule has 0 saturated carbocycles. The third kappa shape index (κ3) is 5.75. The number of aromatic nitrogens is 1. The van der Waals surface area contributed by atoms with Gasteiger partial charge in [-0.25, -0.2) is 4.79 Å². The zero-order valence-electron chi connectivity index (χ0n) is 11.9. The van der Waals surface area contributed by atoms with Crippen LogP contribution >= 0.6 is 11.6 Å². The van der Waals surface area contributed by atoms with Crippen LogP contribution in [0, 0.1) is 5.92 Å². The summed E-state index contributed by atoms with van der Waals surface area (Å²) in [5, 5.41) is 15.8. The standard InChI is InChI=1S/C14H22ClN3O2/c1-3-10(4-2)13(19)9-18-14(20)17-8-12-6-5-11(15)7-16-12/h5-7,10,13,19H,3-4,8-9H2,1-2H3,(H2,17,18,20). The van der Waals surface area contributed by atoms with Gasteiger partial charge >= 0.3 is 6.03 Å². The number of carbonyl (C=O) groups is 1. The first-order chi connectivity index (χ1) is 9.56. The minimum absolute atomic E-state index is 0.216. The maximum absolute atomic E-state index is 11.6. The lowest BCUT2D eigenvalue weighted by Crippen LogP contribution is -2.41. The van der Waals surface area contributed by atoms with Crippen molar-refractivity contribution >= 4 is 17.6 Å². The second kappa shape index (κ2) is 8.76. The number of hydrogen-bond donors (Lipinski definition) is 3. The van der Waals surface area contributed by atoms with E-state index < -0.39 is 6.10 Å². The van der Waals surface area contributed by atoms with Crippen molar-refractivity contribution in [1.29, 1.82) is 0 Å². The summed E-state index contributed by atoms with van der Waals surface area (Å²) < 4.78 is 0. The number of urea groups is 1. The maximum Gasteiger partial charge on any atom is 0.315 e. The Morgan fingerprint density at radius 2 is 2.05 bits per heavy atom. The third-order valence-electron chi connectivity index (χ3n) is 3.28. The highest BCUT2D eigenvalue weighted by atomic mass is 35.5. The smallest absolute Gasteiger partial charge is 0.315 e. The number of nitrogens with zero attached hydrogens (tertiary/aromatic N) is 1. The van der Waals surface area contributed by atoms with E-state index in [9.17, 15) is 9.90 Å². The number of rotatable bonds is 7. The molecule has 0 aliphatic rings. The Bertz CT molecular complexity index is 407. The molecule has 2 amide bonds. The van der Waals surface area contributed by atoms with E-state index in [1.807, 2.05) is 13.8 Å². The summed E-state index contributed by atoms with van der Waals surface area (Å²) in [7, 11) is 0. The van der Waals surface area contributed by atoms with Crippen molar-refractivity contribution in [2.24, 2.45) is 5.92 Å². The molecule has 0 fully saturated rings. The van der Waals surface area contributed by atoms with Crippen molar-refractivity contribution in [2.45, 2.75) is 39.3 Å². The molecule has 6 heteroatoms. The van der Waals surface area contributed by atoms with Gasteiger partial charge in [-0.3, -0.25) is 4.98 Å². The Labute approximate surface area is 124 Å². The van der Waals surface area contributed by atoms with Crippen molar-refractivity contribution in [1.82, 2.24) is 15.6 Å². The monoisotopic (exact) mass is 299 g/mol. The van der Waals surface area contributed by atoms with Gasteiger partial charge in [-0.2, -0.15) is 0 Å². The van der Waals surface area contributed by atoms with E-state index in [1.54, 1.807) is 12.1 Å². The second-order valence-electron chi connectivity index (χ2n) is 4.68. The summed E-state index contributed by atoms with van der Waals surface area (Å²) in [4.78, 5) is 15.7. The van der Waals surface area contributed by atoms with Crippen molar-refractivity contribution in [3.05, 3.63) is 29.0 Å². The van der Waals surface area contributed by atoms with Gasteiger partial charge in [0.15, 0.2) is 0 Å². The molecule has 1 atom stereocenters. The van der Waals surface area contributed by atoms with Crippen LogP contribution in [0.15, 0.2) is 18.3 Å². The average molecular weight is 300 g/mol. The molecule has 0 spiro atoms. The molecule has 20 heavy (non-hydrogen) atoms. The van der Waals surface area contributed by atoms with Gasteiger partial charge in [-0.1, -0.05) is 38.3 Å². The van der Waals surface area contributed by atoms with E-state index in [0.29, 0.717) is 11.6 Å². The number of hydrogen-bond acceptors (Lipinski definition) is 3. The van der Waals surface area contributed by atoms with Crippen LogP contribution in [0.4, 0.5) is 4.79 Å². The van der Waals surface area contributed by atoms with Crippen LogP contribution in [-0.4, -0.2) is 28.8 Å². The quantitative estimate of drug-likeness (QED) is 0.723. The molecule has 3 N–H and O–H groups in total. The summed E-state index contributed by atoms with van der Waals surface area (Å²) >= 11 is 5.73. The van der Waals surface area contributed by atoms with Gasteiger partial charge in [0.1, 0.15) is 0 Å². The number of aliphatic hydroxyl groups is 1. The Balaban J connectivity index is 2.28. The van der Waals surface area contributed by atoms with E-state index in [-0.39, 0.29) is 18.5 Å². The molecule has 112 valence electrons. The number of amides is 2. The zero-order chi connectivity index (χ0) is 15.0. The number of carbonyl (C=O) groups excluding carboxylic acids is 1. The number of nitrogens with one attached hydrogen (secondary N) is 2. The average Bonchev–Trinajstić information content (AvgIpc) is 2.45. The predicted octanol–water partition coefficient (Wildman–Crippen LogP) is 2.33. The summed E-state index contributed by atoms with van der Waals surface area (Å²) in [6.45, 7) is 4.64. The highest BCUT2D eigenvalue weighted by molar-refractivity contribution is 6.30. The van der Waals surface area contributed by atoms with Crippen LogP contribution in [0.3, 0.4) is 0 Å². The molecular formula is C14H22ClN3O2. The first-order valence-corrected chi connectivity index (χ1v) is 7.24. The van der Waals surface area contributed by atoms with Crippen LogP contribution in [-0.2, 0) is 6.54 Å². The summed E-state index contributed by atoms with van der Waals surface area (Å²) in [6, 6.07) is 3.16. The zero-order valence-corrected chi connectivity index (χ0v) is 12.7. The number of aliphatic hydroxyl groups excluding tert-OH is 1. The number of halogens is 1. The third-order valence-corrected chi connectivity index (χ3v) is 3.51. The molecule has 1 unspecified atom stereocenters. The molecule has 0 radical (unpaired) electrons. The molecule has 1 rings (SSSR count). The molecular weight excluding hydrogens is 278 g/mol. The summed E-state index contributed by atoms with van der Waals surface area (Å²) in [6.07, 6.45) is 2.82. The second-order valence-corrected chi connectivity index (χ2v) is 5.11. The van der Waals surface area contributed by atoms with Gasteiger partial charge in [0.2, 0.25) is 0 Å². The Kier molecular flexibility index (Phi) is 7.33. The lowest BCUT2D eigenvalue weighted by atomic mass is 9.97. The first-order valence-electron chi connectivity index (χ1n) is 6.87. The van der Waals surface area contributed by atoms with E-state index in [1.165, 1.54) is 6.20 Å². The maximum atomic E-state index is 11.6. The van der Waals surface area contributed by atoms with Gasteiger partial charge in [0.25, 0.3) is 0 Å². The normalized spacial score (nSPS) is 12.2. The fourth-order valence-corrected chi connectivity index (χ4v) is 2.05. The van der Waals surface area contributed by atoms with Gasteiger partial charge in [0, 0.05) is 12.7 Å². The minimum atomic E-state index is -0.510. The van der Waals surface area contributed by atoms with Crippen LogP contribution in [0.25, 0.3) is 0 Å². The largest absolute Gasteiger partial charge is 0.391 e. The molecule has 1 aromatic heterocycles. The Hall–Kier alpha value is -1.33. The summed E-state index contributed by atoms with van der Waals surface area (Å²) in [5.74, 6) is 0.216. The van der Waals surface area contributed by atoms with E-state index in [4.69, 9.17) is 11.6 Å². The van der Waals surface area contributed by atoms with Gasteiger partial charge < -0.3 is 15.7 Å². The van der Waals surface area contributed by atoms with Crippen molar-refractivity contribution < 1.29 is 9.90 Å². The molecule has 0 saturated heterocycles. The molecule has 5 nitrogen and oxygen atoms in total. The fraction of sp³-hybridized carbons (Fsp3) is 0.571. The molecule has 1 aromatic rings. The SMILES string of the molecule is CCC(CC)C(O)CNC(=O)NCc1ccc(Cl)cn1. The summed E-state index contributed by atoms with van der Waals surface area (Å²) in [5.41, 5.74) is 0.727. The fourth-order valence-electron chi connectivity index (χ4n) is 1.94. The molecule has 0 aromatic carbocycles. The van der Waals surface area contributed by atoms with Gasteiger partial charge in [-0.05, 0) is 18.1 Å². The van der Waals surface area contributed by atoms with E-state index in [0.717, 1.165) is 18.5 Å². The van der Waals surface area contributed by atoms with E-state index >= 15 is 0 Å². The minimum Gasteiger partial charge on any atom is -0.391 e. The lowest BCUT2D eigenvalue weighted by molar-refractivity contribution is 0.103. The predicted molar refractivity (Wildman–Crippen MR) is 79.6 cm³/mol. The van der Waals surface area contributed by atoms with Gasteiger partial charge in [-0.15, -0.1) is 0 Å². The van der Waals surface area contributed by atoms with Crippen molar-refractivity contribution in [3.8, 4) is 0 Å². The Morgan fingerprint density at radius 3 is 2.60 bits per heavy atom. The molecule has 0 aliphatic carbocycles. The number of pyridine rings is 1. The first kappa shape index (κ1) is 16.7. The Morgan fingerprint density at radius 1 is 1.35 bits per heavy atom. The van der Waals surface area contributed by atoms with Gasteiger partial charge in [0.05, 0.1) is 23.4 Å². The van der Waals surface area contributed by atoms with Crippen LogP contribution in [0.2, 0.25) is 5.02 Å². The molecule has 1 heterocycles. The lowest BCUT2D eigenvalue weighted by Gasteiger charge is -2.20. The molecule has 0 aliphatic heterocycles. The van der Waals surface area contributed by atoms with Crippen molar-refractivity contribution in [3.63, 3.8) is 0 Å². The molecule has 0 bridgehead atoms. The topological polar surface area (TPSA) is 74.2 Å². The van der Waals surface area contributed by atoms with Crippen LogP contribution in [0.1, 0.15) is 32.4 Å². The van der Waals surface area contributed by atoms with Crippen LogP contribution in [0.5, 0.6) is 0 Å². The highest BCUT2D eigenvalue weighted by Crippen LogP contribution is 2.12. The van der Waals surface area contributed by atoms with Crippen LogP contribution < -0.4 is 10.6 Å². The van der Waals surface area contributed by atoms with E-state index in [2.05, 4.69) is 15.6 Å². The van der Waals surface area contributed by atoms with Crippen molar-refractivity contribution in [2.75, 3.05) is 6.54 Å². The highest BCUT2D eigenvalue weighted by Gasteiger charge is 2.15.